The molecule has 2 aliphatic heterocycles. The molecule has 1 aromatic rings. The van der Waals surface area contributed by atoms with E-state index in [0.717, 1.165) is 63.6 Å². The monoisotopic (exact) mass is 320 g/mol. The van der Waals surface area contributed by atoms with Crippen molar-refractivity contribution in [3.8, 4) is 0 Å². The van der Waals surface area contributed by atoms with E-state index in [9.17, 15) is 0 Å². The SMILES string of the molecule is Cn1nnc2c1C(COCC1CC1)CN(CC1CCOCC1)C2. The third kappa shape index (κ3) is 3.75. The van der Waals surface area contributed by atoms with Gasteiger partial charge in [-0.25, -0.2) is 0 Å². The highest BCUT2D eigenvalue weighted by Gasteiger charge is 2.32. The largest absolute Gasteiger partial charge is 0.381 e. The molecule has 0 radical (unpaired) electrons. The molecule has 0 bridgehead atoms. The molecule has 1 atom stereocenters. The fourth-order valence-electron chi connectivity index (χ4n) is 3.92. The van der Waals surface area contributed by atoms with E-state index >= 15 is 0 Å². The lowest BCUT2D eigenvalue weighted by atomic mass is 9.95. The summed E-state index contributed by atoms with van der Waals surface area (Å²) in [6, 6.07) is 0. The fourth-order valence-corrected chi connectivity index (χ4v) is 3.92. The molecule has 0 aromatic carbocycles. The Morgan fingerprint density at radius 1 is 1.13 bits per heavy atom. The van der Waals surface area contributed by atoms with Gasteiger partial charge < -0.3 is 9.47 Å². The van der Waals surface area contributed by atoms with Gasteiger partial charge in [0, 0.05) is 52.4 Å². The number of ether oxygens (including phenoxy) is 2. The third-order valence-corrected chi connectivity index (χ3v) is 5.41. The highest BCUT2D eigenvalue weighted by molar-refractivity contribution is 5.19. The number of aromatic nitrogens is 3. The normalized spacial score (nSPS) is 26.4. The predicted octanol–water partition coefficient (Wildman–Crippen LogP) is 1.57. The predicted molar refractivity (Wildman–Crippen MR) is 86.1 cm³/mol. The molecule has 3 heterocycles. The summed E-state index contributed by atoms with van der Waals surface area (Å²) in [4.78, 5) is 2.55. The number of nitrogens with zero attached hydrogens (tertiary/aromatic N) is 4. The summed E-state index contributed by atoms with van der Waals surface area (Å²) in [6.07, 6.45) is 5.07. The van der Waals surface area contributed by atoms with Crippen molar-refractivity contribution < 1.29 is 9.47 Å². The Kier molecular flexibility index (Phi) is 4.64. The Balaban J connectivity index is 1.39. The van der Waals surface area contributed by atoms with E-state index in [0.29, 0.717) is 5.92 Å². The minimum atomic E-state index is 0.400. The van der Waals surface area contributed by atoms with Crippen LogP contribution in [0.3, 0.4) is 0 Å². The van der Waals surface area contributed by atoms with Gasteiger partial charge in [0.2, 0.25) is 0 Å². The molecule has 128 valence electrons. The van der Waals surface area contributed by atoms with Gasteiger partial charge in [0.15, 0.2) is 0 Å². The molecule has 1 unspecified atom stereocenters. The third-order valence-electron chi connectivity index (χ3n) is 5.41. The summed E-state index contributed by atoms with van der Waals surface area (Å²) in [5, 5.41) is 8.65. The van der Waals surface area contributed by atoms with Crippen molar-refractivity contribution in [1.29, 1.82) is 0 Å². The second-order valence-electron chi connectivity index (χ2n) is 7.47. The minimum Gasteiger partial charge on any atom is -0.381 e. The standard InChI is InChI=1S/C17H28N4O2/c1-20-17-15(12-23-11-14-2-3-14)9-21(10-16(17)18-19-20)8-13-4-6-22-7-5-13/h13-15H,2-12H2,1H3. The van der Waals surface area contributed by atoms with Crippen LogP contribution in [-0.4, -0.2) is 59.4 Å². The van der Waals surface area contributed by atoms with Crippen LogP contribution in [0.15, 0.2) is 0 Å². The Labute approximate surface area is 138 Å². The maximum Gasteiger partial charge on any atom is 0.100 e. The Bertz CT molecular complexity index is 523. The molecule has 1 saturated carbocycles. The van der Waals surface area contributed by atoms with Gasteiger partial charge in [0.1, 0.15) is 5.69 Å². The molecule has 1 aromatic heterocycles. The molecule has 6 heteroatoms. The molecule has 23 heavy (non-hydrogen) atoms. The first-order chi connectivity index (χ1) is 11.3. The molecule has 0 amide bonds. The summed E-state index contributed by atoms with van der Waals surface area (Å²) in [5.74, 6) is 1.98. The van der Waals surface area contributed by atoms with E-state index in [4.69, 9.17) is 9.47 Å². The van der Waals surface area contributed by atoms with Crippen molar-refractivity contribution in [2.45, 2.75) is 38.1 Å². The topological polar surface area (TPSA) is 52.4 Å². The average molecular weight is 320 g/mol. The molecule has 1 saturated heterocycles. The van der Waals surface area contributed by atoms with Crippen LogP contribution in [0.25, 0.3) is 0 Å². The van der Waals surface area contributed by atoms with E-state index < -0.39 is 0 Å². The lowest BCUT2D eigenvalue weighted by molar-refractivity contribution is 0.0424. The van der Waals surface area contributed by atoms with Gasteiger partial charge in [0.25, 0.3) is 0 Å². The number of rotatable bonds is 6. The molecular formula is C17H28N4O2. The number of hydrogen-bond donors (Lipinski definition) is 0. The van der Waals surface area contributed by atoms with Gasteiger partial charge >= 0.3 is 0 Å². The van der Waals surface area contributed by atoms with E-state index in [1.165, 1.54) is 31.4 Å². The van der Waals surface area contributed by atoms with Gasteiger partial charge in [-0.05, 0) is 37.5 Å². The zero-order valence-corrected chi connectivity index (χ0v) is 14.1. The van der Waals surface area contributed by atoms with Crippen LogP contribution in [0.5, 0.6) is 0 Å². The first kappa shape index (κ1) is 15.5. The van der Waals surface area contributed by atoms with Crippen LogP contribution >= 0.6 is 0 Å². The van der Waals surface area contributed by atoms with Crippen LogP contribution in [-0.2, 0) is 23.1 Å². The van der Waals surface area contributed by atoms with Crippen LogP contribution in [0.4, 0.5) is 0 Å². The number of hydrogen-bond acceptors (Lipinski definition) is 5. The number of aryl methyl sites for hydroxylation is 1. The van der Waals surface area contributed by atoms with Crippen LogP contribution in [0.1, 0.15) is 43.0 Å². The molecule has 0 N–H and O–H groups in total. The van der Waals surface area contributed by atoms with Gasteiger partial charge in [-0.1, -0.05) is 5.21 Å². The van der Waals surface area contributed by atoms with Gasteiger partial charge in [0.05, 0.1) is 12.3 Å². The van der Waals surface area contributed by atoms with E-state index in [1.807, 2.05) is 11.7 Å². The first-order valence-electron chi connectivity index (χ1n) is 9.06. The van der Waals surface area contributed by atoms with Crippen molar-refractivity contribution in [3.63, 3.8) is 0 Å². The maximum absolute atomic E-state index is 6.00. The summed E-state index contributed by atoms with van der Waals surface area (Å²) in [7, 11) is 2.01. The van der Waals surface area contributed by atoms with Crippen molar-refractivity contribution in [2.24, 2.45) is 18.9 Å². The quantitative estimate of drug-likeness (QED) is 0.796. The Hall–Kier alpha value is -0.980. The Morgan fingerprint density at radius 3 is 2.74 bits per heavy atom. The van der Waals surface area contributed by atoms with Gasteiger partial charge in [-0.3, -0.25) is 9.58 Å². The summed E-state index contributed by atoms with van der Waals surface area (Å²) >= 11 is 0. The van der Waals surface area contributed by atoms with Crippen LogP contribution in [0.2, 0.25) is 0 Å². The Morgan fingerprint density at radius 2 is 1.96 bits per heavy atom. The smallest absolute Gasteiger partial charge is 0.100 e. The number of fused-ring (bicyclic) bond motifs is 1. The molecule has 4 rings (SSSR count). The molecule has 2 fully saturated rings. The highest BCUT2D eigenvalue weighted by Crippen LogP contribution is 2.31. The zero-order chi connectivity index (χ0) is 15.6. The molecule has 1 aliphatic carbocycles. The molecule has 3 aliphatic rings. The van der Waals surface area contributed by atoms with E-state index in [1.54, 1.807) is 0 Å². The molecule has 0 spiro atoms. The minimum absolute atomic E-state index is 0.400. The van der Waals surface area contributed by atoms with Gasteiger partial charge in [-0.2, -0.15) is 0 Å². The van der Waals surface area contributed by atoms with Crippen molar-refractivity contribution in [1.82, 2.24) is 19.9 Å². The van der Waals surface area contributed by atoms with Crippen molar-refractivity contribution >= 4 is 0 Å². The van der Waals surface area contributed by atoms with E-state index in [-0.39, 0.29) is 0 Å². The van der Waals surface area contributed by atoms with Crippen LogP contribution < -0.4 is 0 Å². The first-order valence-corrected chi connectivity index (χ1v) is 9.06. The lowest BCUT2D eigenvalue weighted by Crippen LogP contribution is -2.40. The summed E-state index contributed by atoms with van der Waals surface area (Å²) < 4.78 is 13.4. The lowest BCUT2D eigenvalue weighted by Gasteiger charge is -2.35. The molecule has 6 nitrogen and oxygen atoms in total. The molecular weight excluding hydrogens is 292 g/mol. The average Bonchev–Trinajstić information content (AvgIpc) is 3.31. The van der Waals surface area contributed by atoms with Gasteiger partial charge in [-0.15, -0.1) is 5.10 Å². The van der Waals surface area contributed by atoms with Crippen LogP contribution in [0, 0.1) is 11.8 Å². The summed E-state index contributed by atoms with van der Waals surface area (Å²) in [6.45, 7) is 6.71. The highest BCUT2D eigenvalue weighted by atomic mass is 16.5. The summed E-state index contributed by atoms with van der Waals surface area (Å²) in [5.41, 5.74) is 2.43. The van der Waals surface area contributed by atoms with E-state index in [2.05, 4.69) is 15.2 Å². The fraction of sp³-hybridized carbons (Fsp3) is 0.882. The second-order valence-corrected chi connectivity index (χ2v) is 7.47. The second kappa shape index (κ2) is 6.87. The van der Waals surface area contributed by atoms with Crippen molar-refractivity contribution in [2.75, 3.05) is 39.5 Å². The van der Waals surface area contributed by atoms with Crippen molar-refractivity contribution in [3.05, 3.63) is 11.4 Å². The maximum atomic E-state index is 6.00. The zero-order valence-electron chi connectivity index (χ0n) is 14.1.